The number of aliphatic hydroxyl groups is 1. The molecule has 0 bridgehead atoms. The number of hydrogen-bond acceptors (Lipinski definition) is 4. The summed E-state index contributed by atoms with van der Waals surface area (Å²) >= 11 is 0. The zero-order valence-corrected chi connectivity index (χ0v) is 24.3. The molecule has 4 nitrogen and oxygen atoms in total. The van der Waals surface area contributed by atoms with Gasteiger partial charge in [-0.05, 0) is 25.7 Å². The summed E-state index contributed by atoms with van der Waals surface area (Å²) in [6.45, 7) is 4.21. The van der Waals surface area contributed by atoms with Crippen LogP contribution in [-0.2, 0) is 10.1 Å². The number of unbranched alkanes of at least 4 members (excludes halogenated alkanes) is 14. The average Bonchev–Trinajstić information content (AvgIpc) is 2.68. The van der Waals surface area contributed by atoms with Crippen LogP contribution in [0, 0.1) is 0 Å². The summed E-state index contributed by atoms with van der Waals surface area (Å²) in [6, 6.07) is 0. The molecule has 6 heteroatoms. The summed E-state index contributed by atoms with van der Waals surface area (Å²) in [7, 11) is -4.19. The van der Waals surface area contributed by atoms with E-state index in [0.717, 1.165) is 51.4 Å². The van der Waals surface area contributed by atoms with Gasteiger partial charge in [-0.2, -0.15) is 0 Å². The Morgan fingerprint density at radius 3 is 1.33 bits per heavy atom. The molecule has 0 radical (unpaired) electrons. The molecule has 2 unspecified atom stereocenters. The molecule has 176 valence electrons. The molecule has 0 aliphatic rings. The van der Waals surface area contributed by atoms with E-state index in [-0.39, 0.29) is 57.5 Å². The van der Waals surface area contributed by atoms with Crippen LogP contribution in [0.5, 0.6) is 0 Å². The molecule has 0 aliphatic carbocycles. The Balaban J connectivity index is 0. The molecule has 2 atom stereocenters. The van der Waals surface area contributed by atoms with Gasteiger partial charge in [0.15, 0.2) is 0 Å². The number of aliphatic hydroxyl groups excluding tert-OH is 1. The quantitative estimate of drug-likeness (QED) is 0.146. The van der Waals surface area contributed by atoms with E-state index in [1.165, 1.54) is 64.2 Å². The van der Waals surface area contributed by atoms with Crippen molar-refractivity contribution in [2.75, 3.05) is 0 Å². The van der Waals surface area contributed by atoms with Gasteiger partial charge >= 0.3 is 51.4 Å². The molecule has 0 aromatic rings. The zero-order chi connectivity index (χ0) is 21.8. The molecule has 1 N–H and O–H groups in total. The second-order valence-electron chi connectivity index (χ2n) is 8.85. The monoisotopic (exact) mass is 472 g/mol. The van der Waals surface area contributed by atoms with Gasteiger partial charge in [-0.3, -0.25) is 0 Å². The van der Waals surface area contributed by atoms with Crippen LogP contribution in [0.2, 0.25) is 0 Å². The van der Waals surface area contributed by atoms with Gasteiger partial charge in [0.25, 0.3) is 0 Å². The van der Waals surface area contributed by atoms with E-state index in [2.05, 4.69) is 6.92 Å². The van der Waals surface area contributed by atoms with Crippen molar-refractivity contribution in [3.8, 4) is 0 Å². The van der Waals surface area contributed by atoms with Gasteiger partial charge in [-0.15, -0.1) is 0 Å². The Morgan fingerprint density at radius 2 is 0.967 bits per heavy atom. The van der Waals surface area contributed by atoms with Crippen molar-refractivity contribution < 1.29 is 69.5 Å². The Kier molecular flexibility index (Phi) is 26.6. The van der Waals surface area contributed by atoms with E-state index < -0.39 is 15.4 Å². The fourth-order valence-corrected chi connectivity index (χ4v) is 4.87. The average molecular weight is 473 g/mol. The molecule has 0 saturated heterocycles. The molecule has 0 aliphatic heterocycles. The molecular formula is C24H49KO4S. The SMILES string of the molecule is CCCCCCCCCCCCCCCC(CCCCCC(O)CC)S(=O)(=O)[O-].[K+]. The van der Waals surface area contributed by atoms with E-state index in [9.17, 15) is 18.1 Å². The summed E-state index contributed by atoms with van der Waals surface area (Å²) in [5.41, 5.74) is 0. The van der Waals surface area contributed by atoms with Gasteiger partial charge in [0.05, 0.1) is 16.2 Å². The van der Waals surface area contributed by atoms with Crippen molar-refractivity contribution in [3.63, 3.8) is 0 Å². The molecule has 0 saturated carbocycles. The molecular weight excluding hydrogens is 423 g/mol. The van der Waals surface area contributed by atoms with Crippen LogP contribution >= 0.6 is 0 Å². The zero-order valence-electron chi connectivity index (χ0n) is 20.4. The fraction of sp³-hybridized carbons (Fsp3) is 1.00. The van der Waals surface area contributed by atoms with Gasteiger partial charge in [0.1, 0.15) is 0 Å². The van der Waals surface area contributed by atoms with Crippen molar-refractivity contribution in [1.82, 2.24) is 0 Å². The summed E-state index contributed by atoms with van der Waals surface area (Å²) in [6.07, 6.45) is 21.2. The Labute approximate surface area is 230 Å². The Morgan fingerprint density at radius 1 is 0.633 bits per heavy atom. The number of rotatable bonds is 22. The molecule has 0 amide bonds. The summed E-state index contributed by atoms with van der Waals surface area (Å²) in [4.78, 5) is 0. The van der Waals surface area contributed by atoms with Crippen molar-refractivity contribution in [2.45, 2.75) is 154 Å². The largest absolute Gasteiger partial charge is 1.00 e. The Hall–Kier alpha value is 1.51. The standard InChI is InChI=1S/C24H50O4S.K/c1-3-5-6-7-8-9-10-11-12-13-14-15-18-21-24(29(26,27)28)22-19-16-17-20-23(25)4-2;/h23-25H,3-22H2,1-2H3,(H,26,27,28);/q;+1/p-1. The van der Waals surface area contributed by atoms with Crippen LogP contribution in [0.25, 0.3) is 0 Å². The van der Waals surface area contributed by atoms with E-state index in [1.54, 1.807) is 0 Å². The fourth-order valence-electron chi connectivity index (χ4n) is 3.96. The first kappa shape index (κ1) is 33.7. The maximum atomic E-state index is 11.5. The molecule has 0 spiro atoms. The predicted octanol–water partition coefficient (Wildman–Crippen LogP) is 4.11. The maximum absolute atomic E-state index is 11.5. The minimum atomic E-state index is -4.19. The first-order valence-corrected chi connectivity index (χ1v) is 14.0. The van der Waals surface area contributed by atoms with E-state index in [0.29, 0.717) is 12.8 Å². The van der Waals surface area contributed by atoms with E-state index in [4.69, 9.17) is 0 Å². The third-order valence-corrected chi connectivity index (χ3v) is 7.36. The first-order valence-electron chi connectivity index (χ1n) is 12.5. The van der Waals surface area contributed by atoms with Crippen LogP contribution in [0.15, 0.2) is 0 Å². The van der Waals surface area contributed by atoms with Crippen LogP contribution in [0.1, 0.15) is 142 Å². The van der Waals surface area contributed by atoms with Crippen LogP contribution in [-0.4, -0.2) is 29.4 Å². The molecule has 0 rings (SSSR count). The van der Waals surface area contributed by atoms with Gasteiger partial charge in [-0.1, -0.05) is 117 Å². The topological polar surface area (TPSA) is 77.4 Å². The van der Waals surface area contributed by atoms with Crippen molar-refractivity contribution >= 4 is 10.1 Å². The van der Waals surface area contributed by atoms with Crippen LogP contribution in [0.4, 0.5) is 0 Å². The van der Waals surface area contributed by atoms with Crippen molar-refractivity contribution in [2.24, 2.45) is 0 Å². The smallest absolute Gasteiger partial charge is 0.748 e. The van der Waals surface area contributed by atoms with Crippen molar-refractivity contribution in [1.29, 1.82) is 0 Å². The summed E-state index contributed by atoms with van der Waals surface area (Å²) in [5, 5.41) is 8.82. The first-order chi connectivity index (χ1) is 13.9. The van der Waals surface area contributed by atoms with Gasteiger partial charge in [0, 0.05) is 5.25 Å². The molecule has 30 heavy (non-hydrogen) atoms. The van der Waals surface area contributed by atoms with Crippen LogP contribution < -0.4 is 51.4 Å². The van der Waals surface area contributed by atoms with Gasteiger partial charge in [-0.25, -0.2) is 8.42 Å². The van der Waals surface area contributed by atoms with E-state index in [1.807, 2.05) is 6.92 Å². The number of hydrogen-bond donors (Lipinski definition) is 1. The summed E-state index contributed by atoms with van der Waals surface area (Å²) < 4.78 is 34.5. The van der Waals surface area contributed by atoms with Crippen LogP contribution in [0.3, 0.4) is 0 Å². The molecule has 0 aromatic carbocycles. The normalized spacial score (nSPS) is 13.7. The minimum Gasteiger partial charge on any atom is -0.748 e. The minimum absolute atomic E-state index is 0. The third kappa shape index (κ3) is 22.7. The van der Waals surface area contributed by atoms with Crippen molar-refractivity contribution in [3.05, 3.63) is 0 Å². The second-order valence-corrected chi connectivity index (χ2v) is 10.5. The third-order valence-electron chi connectivity index (χ3n) is 6.07. The summed E-state index contributed by atoms with van der Waals surface area (Å²) in [5.74, 6) is 0. The molecule has 0 heterocycles. The van der Waals surface area contributed by atoms with Gasteiger partial charge in [0.2, 0.25) is 0 Å². The molecule has 0 aromatic heterocycles. The predicted molar refractivity (Wildman–Crippen MR) is 123 cm³/mol. The second kappa shape index (κ2) is 23.7. The molecule has 0 fully saturated rings. The Bertz CT molecular complexity index is 442. The maximum Gasteiger partial charge on any atom is 1.00 e. The van der Waals surface area contributed by atoms with Gasteiger partial charge < -0.3 is 9.66 Å². The van der Waals surface area contributed by atoms with E-state index >= 15 is 0 Å².